The Balaban J connectivity index is 2.91. The van der Waals surface area contributed by atoms with Gasteiger partial charge in [0.05, 0.1) is 5.56 Å². The van der Waals surface area contributed by atoms with E-state index >= 15 is 0 Å². The van der Waals surface area contributed by atoms with Gasteiger partial charge in [-0.1, -0.05) is 13.8 Å². The summed E-state index contributed by atoms with van der Waals surface area (Å²) in [6.07, 6.45) is 0.700. The Kier molecular flexibility index (Phi) is 4.89. The van der Waals surface area contributed by atoms with Gasteiger partial charge in [-0.25, -0.2) is 4.39 Å². The number of phenols is 1. The summed E-state index contributed by atoms with van der Waals surface area (Å²) >= 11 is 0. The van der Waals surface area contributed by atoms with Gasteiger partial charge in [0.1, 0.15) is 11.6 Å². The standard InChI is InChI=1S/C14H21FN2O2/c1-9(2)7-14(3,8-16)17-13(19)11-6-10(15)4-5-12(11)18/h4-6,9,18H,7-8,16H2,1-3H3,(H,17,19). The summed E-state index contributed by atoms with van der Waals surface area (Å²) in [4.78, 5) is 12.1. The van der Waals surface area contributed by atoms with Crippen LogP contribution in [0, 0.1) is 11.7 Å². The first-order valence-electron chi connectivity index (χ1n) is 6.28. The molecule has 5 heteroatoms. The molecule has 0 aliphatic heterocycles. The van der Waals surface area contributed by atoms with Crippen molar-refractivity contribution in [3.63, 3.8) is 0 Å². The number of nitrogens with two attached hydrogens (primary N) is 1. The predicted octanol–water partition coefficient (Wildman–Crippen LogP) is 2.02. The highest BCUT2D eigenvalue weighted by atomic mass is 19.1. The normalized spacial score (nSPS) is 14.2. The zero-order chi connectivity index (χ0) is 14.6. The van der Waals surface area contributed by atoms with E-state index < -0.39 is 17.3 Å². The van der Waals surface area contributed by atoms with Crippen molar-refractivity contribution in [3.8, 4) is 5.75 Å². The molecule has 4 nitrogen and oxygen atoms in total. The van der Waals surface area contributed by atoms with E-state index in [0.717, 1.165) is 18.2 Å². The molecule has 0 aromatic heterocycles. The Morgan fingerprint density at radius 2 is 2.16 bits per heavy atom. The van der Waals surface area contributed by atoms with E-state index in [4.69, 9.17) is 5.73 Å². The maximum Gasteiger partial charge on any atom is 0.255 e. The number of benzene rings is 1. The summed E-state index contributed by atoms with van der Waals surface area (Å²) in [5.74, 6) is -0.982. The molecule has 0 bridgehead atoms. The number of hydrogen-bond acceptors (Lipinski definition) is 3. The first-order chi connectivity index (χ1) is 8.77. The number of nitrogens with one attached hydrogen (secondary N) is 1. The van der Waals surface area contributed by atoms with Crippen LogP contribution in [0.1, 0.15) is 37.6 Å². The first-order valence-corrected chi connectivity index (χ1v) is 6.28. The number of aromatic hydroxyl groups is 1. The molecule has 0 radical (unpaired) electrons. The zero-order valence-electron chi connectivity index (χ0n) is 11.5. The van der Waals surface area contributed by atoms with Crippen LogP contribution in [0.4, 0.5) is 4.39 Å². The van der Waals surface area contributed by atoms with Gasteiger partial charge in [-0.3, -0.25) is 4.79 Å². The van der Waals surface area contributed by atoms with Crippen molar-refractivity contribution in [1.29, 1.82) is 0 Å². The largest absolute Gasteiger partial charge is 0.507 e. The average Bonchev–Trinajstić information content (AvgIpc) is 2.31. The number of phenolic OH excluding ortho intramolecular Hbond substituents is 1. The second-order valence-corrected chi connectivity index (χ2v) is 5.48. The number of rotatable bonds is 5. The average molecular weight is 268 g/mol. The Hall–Kier alpha value is -1.62. The van der Waals surface area contributed by atoms with Crippen molar-refractivity contribution in [2.75, 3.05) is 6.54 Å². The molecule has 106 valence electrons. The summed E-state index contributed by atoms with van der Waals surface area (Å²) < 4.78 is 13.1. The number of halogens is 1. The zero-order valence-corrected chi connectivity index (χ0v) is 11.5. The Bertz CT molecular complexity index is 463. The predicted molar refractivity (Wildman–Crippen MR) is 72.4 cm³/mol. The maximum absolute atomic E-state index is 13.1. The Labute approximate surface area is 112 Å². The molecule has 0 aliphatic rings. The monoisotopic (exact) mass is 268 g/mol. The molecule has 0 heterocycles. The van der Waals surface area contributed by atoms with Gasteiger partial charge in [0.25, 0.3) is 5.91 Å². The van der Waals surface area contributed by atoms with Crippen LogP contribution in [0.3, 0.4) is 0 Å². The quantitative estimate of drug-likeness (QED) is 0.764. The van der Waals surface area contributed by atoms with Crippen LogP contribution in [-0.4, -0.2) is 23.1 Å². The van der Waals surface area contributed by atoms with Crippen LogP contribution in [0.25, 0.3) is 0 Å². The van der Waals surface area contributed by atoms with Crippen LogP contribution in [0.2, 0.25) is 0 Å². The summed E-state index contributed by atoms with van der Waals surface area (Å²) in [6, 6.07) is 3.27. The highest BCUT2D eigenvalue weighted by Gasteiger charge is 2.27. The lowest BCUT2D eigenvalue weighted by Gasteiger charge is -2.31. The third-order valence-corrected chi connectivity index (χ3v) is 2.93. The third-order valence-electron chi connectivity index (χ3n) is 2.93. The van der Waals surface area contributed by atoms with Gasteiger partial charge in [0.2, 0.25) is 0 Å². The lowest BCUT2D eigenvalue weighted by molar-refractivity contribution is 0.0895. The van der Waals surface area contributed by atoms with Gasteiger partial charge in [0, 0.05) is 12.1 Å². The van der Waals surface area contributed by atoms with Crippen molar-refractivity contribution in [2.45, 2.75) is 32.7 Å². The molecule has 1 unspecified atom stereocenters. The number of carbonyl (C=O) groups is 1. The van der Waals surface area contributed by atoms with Gasteiger partial charge in [0.15, 0.2) is 0 Å². The number of amides is 1. The fraction of sp³-hybridized carbons (Fsp3) is 0.500. The molecule has 1 atom stereocenters. The van der Waals surface area contributed by atoms with Gasteiger partial charge in [-0.2, -0.15) is 0 Å². The van der Waals surface area contributed by atoms with Crippen molar-refractivity contribution in [2.24, 2.45) is 11.7 Å². The lowest BCUT2D eigenvalue weighted by atomic mass is 9.90. The van der Waals surface area contributed by atoms with Crippen molar-refractivity contribution in [1.82, 2.24) is 5.32 Å². The molecule has 1 aromatic rings. The maximum atomic E-state index is 13.1. The molecular weight excluding hydrogens is 247 g/mol. The molecule has 0 saturated carbocycles. The molecule has 4 N–H and O–H groups in total. The van der Waals surface area contributed by atoms with E-state index in [9.17, 15) is 14.3 Å². The van der Waals surface area contributed by atoms with E-state index in [1.165, 1.54) is 0 Å². The van der Waals surface area contributed by atoms with E-state index in [1.54, 1.807) is 0 Å². The van der Waals surface area contributed by atoms with Crippen molar-refractivity contribution >= 4 is 5.91 Å². The molecule has 0 spiro atoms. The van der Waals surface area contributed by atoms with Crippen molar-refractivity contribution < 1.29 is 14.3 Å². The van der Waals surface area contributed by atoms with Crippen LogP contribution in [-0.2, 0) is 0 Å². The molecule has 1 rings (SSSR count). The lowest BCUT2D eigenvalue weighted by Crippen LogP contribution is -2.52. The molecule has 0 fully saturated rings. The third kappa shape index (κ3) is 4.21. The van der Waals surface area contributed by atoms with Crippen LogP contribution < -0.4 is 11.1 Å². The van der Waals surface area contributed by atoms with E-state index in [0.29, 0.717) is 12.3 Å². The topological polar surface area (TPSA) is 75.3 Å². The van der Waals surface area contributed by atoms with Gasteiger partial charge < -0.3 is 16.2 Å². The first kappa shape index (κ1) is 15.4. The SMILES string of the molecule is CC(C)CC(C)(CN)NC(=O)c1cc(F)ccc1O. The minimum atomic E-state index is -0.579. The molecular formula is C14H21FN2O2. The molecule has 1 amide bonds. The molecule has 19 heavy (non-hydrogen) atoms. The van der Waals surface area contributed by atoms with Crippen molar-refractivity contribution in [3.05, 3.63) is 29.6 Å². The number of hydrogen-bond donors (Lipinski definition) is 3. The van der Waals surface area contributed by atoms with Gasteiger partial charge in [-0.05, 0) is 37.5 Å². The van der Waals surface area contributed by atoms with Gasteiger partial charge in [-0.15, -0.1) is 0 Å². The minimum absolute atomic E-state index is 0.0802. The van der Waals surface area contributed by atoms with E-state index in [-0.39, 0.29) is 17.9 Å². The highest BCUT2D eigenvalue weighted by Crippen LogP contribution is 2.21. The van der Waals surface area contributed by atoms with E-state index in [2.05, 4.69) is 5.32 Å². The summed E-state index contributed by atoms with van der Waals surface area (Å²) in [6.45, 7) is 6.16. The van der Waals surface area contributed by atoms with Crippen LogP contribution in [0.15, 0.2) is 18.2 Å². The van der Waals surface area contributed by atoms with Gasteiger partial charge >= 0.3 is 0 Å². The Morgan fingerprint density at radius 1 is 1.53 bits per heavy atom. The minimum Gasteiger partial charge on any atom is -0.507 e. The number of carbonyl (C=O) groups excluding carboxylic acids is 1. The van der Waals surface area contributed by atoms with Crippen LogP contribution in [0.5, 0.6) is 5.75 Å². The molecule has 1 aromatic carbocycles. The van der Waals surface area contributed by atoms with Crippen LogP contribution >= 0.6 is 0 Å². The molecule has 0 aliphatic carbocycles. The fourth-order valence-corrected chi connectivity index (χ4v) is 2.12. The second kappa shape index (κ2) is 6.02. The summed E-state index contributed by atoms with van der Waals surface area (Å²) in [7, 11) is 0. The highest BCUT2D eigenvalue weighted by molar-refractivity contribution is 5.97. The fourth-order valence-electron chi connectivity index (χ4n) is 2.12. The smallest absolute Gasteiger partial charge is 0.255 e. The molecule has 0 saturated heterocycles. The van der Waals surface area contributed by atoms with E-state index in [1.807, 2.05) is 20.8 Å². The Morgan fingerprint density at radius 3 is 2.68 bits per heavy atom. The summed E-state index contributed by atoms with van der Waals surface area (Å²) in [5, 5.41) is 12.4. The second-order valence-electron chi connectivity index (χ2n) is 5.48. The summed E-state index contributed by atoms with van der Waals surface area (Å²) in [5.41, 5.74) is 5.04.